The van der Waals surface area contributed by atoms with Crippen molar-refractivity contribution in [2.24, 2.45) is 0 Å². The summed E-state index contributed by atoms with van der Waals surface area (Å²) in [6.45, 7) is 5.16. The van der Waals surface area contributed by atoms with Crippen LogP contribution < -0.4 is 0 Å². The van der Waals surface area contributed by atoms with Gasteiger partial charge < -0.3 is 0 Å². The molecule has 6 heteroatoms. The van der Waals surface area contributed by atoms with Gasteiger partial charge in [0.25, 0.3) is 0 Å². The summed E-state index contributed by atoms with van der Waals surface area (Å²) in [5.41, 5.74) is 2.72. The van der Waals surface area contributed by atoms with E-state index in [1.54, 1.807) is 18.2 Å². The largest absolute Gasteiger partial charge is 0.296 e. The van der Waals surface area contributed by atoms with E-state index in [0.29, 0.717) is 26.2 Å². The van der Waals surface area contributed by atoms with Crippen molar-refractivity contribution in [3.05, 3.63) is 65.2 Å². The molecule has 1 fully saturated rings. The summed E-state index contributed by atoms with van der Waals surface area (Å²) >= 11 is 0. The van der Waals surface area contributed by atoms with Gasteiger partial charge in [0, 0.05) is 32.7 Å². The standard InChI is InChI=1S/C19H21N3O2S/c1-16-6-2-3-8-18(16)15-21-10-12-22(13-11-21)25(23,24)19-9-5-4-7-17(19)14-20/h2-9H,10-13,15H2,1H3. The van der Waals surface area contributed by atoms with Gasteiger partial charge >= 0.3 is 0 Å². The zero-order chi connectivity index (χ0) is 17.9. The van der Waals surface area contributed by atoms with Gasteiger partial charge in [0.2, 0.25) is 10.0 Å². The van der Waals surface area contributed by atoms with Crippen LogP contribution in [0.25, 0.3) is 0 Å². The van der Waals surface area contributed by atoms with Gasteiger partial charge in [0.15, 0.2) is 0 Å². The molecular formula is C19H21N3O2S. The molecule has 0 bridgehead atoms. The molecule has 0 spiro atoms. The highest BCUT2D eigenvalue weighted by atomic mass is 32.2. The number of nitrogens with zero attached hydrogens (tertiary/aromatic N) is 3. The quantitative estimate of drug-likeness (QED) is 0.845. The summed E-state index contributed by atoms with van der Waals surface area (Å²) in [7, 11) is -3.63. The van der Waals surface area contributed by atoms with Crippen molar-refractivity contribution < 1.29 is 8.42 Å². The summed E-state index contributed by atoms with van der Waals surface area (Å²) in [6.07, 6.45) is 0. The van der Waals surface area contributed by atoms with Gasteiger partial charge in [-0.25, -0.2) is 8.42 Å². The first kappa shape index (κ1) is 17.6. The third-order valence-corrected chi connectivity index (χ3v) is 6.57. The first-order chi connectivity index (χ1) is 12.0. The van der Waals surface area contributed by atoms with E-state index in [1.165, 1.54) is 21.5 Å². The van der Waals surface area contributed by atoms with Crippen molar-refractivity contribution in [3.63, 3.8) is 0 Å². The zero-order valence-corrected chi connectivity index (χ0v) is 15.0. The molecule has 0 radical (unpaired) electrons. The molecule has 130 valence electrons. The molecule has 1 aliphatic rings. The highest BCUT2D eigenvalue weighted by molar-refractivity contribution is 7.89. The maximum atomic E-state index is 12.8. The van der Waals surface area contributed by atoms with Gasteiger partial charge in [-0.1, -0.05) is 36.4 Å². The number of piperazine rings is 1. The van der Waals surface area contributed by atoms with Crippen LogP contribution in [0.3, 0.4) is 0 Å². The number of hydrogen-bond acceptors (Lipinski definition) is 4. The van der Waals surface area contributed by atoms with Crippen LogP contribution in [0.2, 0.25) is 0 Å². The molecule has 2 aromatic rings. The van der Waals surface area contributed by atoms with Gasteiger partial charge in [-0.2, -0.15) is 9.57 Å². The van der Waals surface area contributed by atoms with Gasteiger partial charge in [-0.3, -0.25) is 4.90 Å². The first-order valence-electron chi connectivity index (χ1n) is 8.28. The minimum Gasteiger partial charge on any atom is -0.296 e. The lowest BCUT2D eigenvalue weighted by Gasteiger charge is -2.34. The fraction of sp³-hybridized carbons (Fsp3) is 0.316. The van der Waals surface area contributed by atoms with Crippen LogP contribution >= 0.6 is 0 Å². The number of sulfonamides is 1. The minimum absolute atomic E-state index is 0.102. The SMILES string of the molecule is Cc1ccccc1CN1CCN(S(=O)(=O)c2ccccc2C#N)CC1. The Balaban J connectivity index is 1.70. The van der Waals surface area contributed by atoms with Crippen LogP contribution in [0, 0.1) is 18.3 Å². The molecule has 0 atom stereocenters. The van der Waals surface area contributed by atoms with Crippen LogP contribution in [-0.2, 0) is 16.6 Å². The zero-order valence-electron chi connectivity index (χ0n) is 14.2. The van der Waals surface area contributed by atoms with E-state index < -0.39 is 10.0 Å². The van der Waals surface area contributed by atoms with Crippen LogP contribution in [0.5, 0.6) is 0 Å². The highest BCUT2D eigenvalue weighted by Gasteiger charge is 2.30. The van der Waals surface area contributed by atoms with Gasteiger partial charge in [-0.15, -0.1) is 0 Å². The van der Waals surface area contributed by atoms with E-state index >= 15 is 0 Å². The van der Waals surface area contributed by atoms with Crippen LogP contribution in [0.4, 0.5) is 0 Å². The molecule has 5 nitrogen and oxygen atoms in total. The van der Waals surface area contributed by atoms with Crippen LogP contribution in [-0.4, -0.2) is 43.8 Å². The minimum atomic E-state index is -3.63. The number of benzene rings is 2. The van der Waals surface area contributed by atoms with Gasteiger partial charge in [0.05, 0.1) is 10.5 Å². The molecule has 3 rings (SSSR count). The lowest BCUT2D eigenvalue weighted by Crippen LogP contribution is -2.48. The molecule has 2 aromatic carbocycles. The topological polar surface area (TPSA) is 64.4 Å². The summed E-state index contributed by atoms with van der Waals surface area (Å²) in [6, 6.07) is 16.6. The Kier molecular flexibility index (Phi) is 5.19. The average molecular weight is 355 g/mol. The molecule has 1 aliphatic heterocycles. The molecular weight excluding hydrogens is 334 g/mol. The first-order valence-corrected chi connectivity index (χ1v) is 9.72. The van der Waals surface area contributed by atoms with Crippen LogP contribution in [0.15, 0.2) is 53.4 Å². The Morgan fingerprint density at radius 3 is 2.32 bits per heavy atom. The second-order valence-electron chi connectivity index (χ2n) is 6.21. The van der Waals surface area contributed by atoms with Crippen molar-refractivity contribution >= 4 is 10.0 Å². The third kappa shape index (κ3) is 3.74. The maximum Gasteiger partial charge on any atom is 0.244 e. The Morgan fingerprint density at radius 2 is 1.64 bits per heavy atom. The second kappa shape index (κ2) is 7.36. The Bertz CT molecular complexity index is 895. The molecule has 0 saturated carbocycles. The van der Waals surface area contributed by atoms with E-state index in [4.69, 9.17) is 0 Å². The fourth-order valence-corrected chi connectivity index (χ4v) is 4.64. The lowest BCUT2D eigenvalue weighted by molar-refractivity contribution is 0.181. The molecule has 0 aliphatic carbocycles. The molecule has 0 aromatic heterocycles. The Hall–Kier alpha value is -2.20. The molecule has 0 unspecified atom stereocenters. The van der Waals surface area contributed by atoms with E-state index in [-0.39, 0.29) is 10.5 Å². The van der Waals surface area contributed by atoms with Crippen molar-refractivity contribution in [2.75, 3.05) is 26.2 Å². The summed E-state index contributed by atoms with van der Waals surface area (Å²) in [5, 5.41) is 9.17. The number of aryl methyl sites for hydroxylation is 1. The lowest BCUT2D eigenvalue weighted by atomic mass is 10.1. The van der Waals surface area contributed by atoms with E-state index in [0.717, 1.165) is 6.54 Å². The summed E-state index contributed by atoms with van der Waals surface area (Å²) < 4.78 is 27.2. The summed E-state index contributed by atoms with van der Waals surface area (Å²) in [5.74, 6) is 0. The monoisotopic (exact) mass is 355 g/mol. The normalized spacial score (nSPS) is 16.5. The van der Waals surface area contributed by atoms with Crippen molar-refractivity contribution in [2.45, 2.75) is 18.4 Å². The number of nitriles is 1. The van der Waals surface area contributed by atoms with Gasteiger partial charge in [0.1, 0.15) is 6.07 Å². The molecule has 0 amide bonds. The van der Waals surface area contributed by atoms with Crippen molar-refractivity contribution in [1.82, 2.24) is 9.21 Å². The smallest absolute Gasteiger partial charge is 0.244 e. The highest BCUT2D eigenvalue weighted by Crippen LogP contribution is 2.21. The van der Waals surface area contributed by atoms with Crippen molar-refractivity contribution in [3.8, 4) is 6.07 Å². The third-order valence-electron chi connectivity index (χ3n) is 4.61. The molecule has 1 heterocycles. The summed E-state index contributed by atoms with van der Waals surface area (Å²) in [4.78, 5) is 2.37. The van der Waals surface area contributed by atoms with Crippen LogP contribution in [0.1, 0.15) is 16.7 Å². The molecule has 0 N–H and O–H groups in total. The maximum absolute atomic E-state index is 12.8. The fourth-order valence-electron chi connectivity index (χ4n) is 3.08. The van der Waals surface area contributed by atoms with Crippen molar-refractivity contribution in [1.29, 1.82) is 5.26 Å². The Labute approximate surface area is 149 Å². The Morgan fingerprint density at radius 1 is 1.00 bits per heavy atom. The predicted octanol–water partition coefficient (Wildman–Crippen LogP) is 2.37. The second-order valence-corrected chi connectivity index (χ2v) is 8.12. The average Bonchev–Trinajstić information content (AvgIpc) is 2.64. The number of rotatable bonds is 4. The molecule has 1 saturated heterocycles. The van der Waals surface area contributed by atoms with Gasteiger partial charge in [-0.05, 0) is 30.2 Å². The van der Waals surface area contributed by atoms with E-state index in [9.17, 15) is 13.7 Å². The predicted molar refractivity (Wildman–Crippen MR) is 96.4 cm³/mol. The molecule has 25 heavy (non-hydrogen) atoms. The van der Waals surface area contributed by atoms with E-state index in [1.807, 2.05) is 18.2 Å². The number of hydrogen-bond donors (Lipinski definition) is 0. The van der Waals surface area contributed by atoms with E-state index in [2.05, 4.69) is 24.0 Å².